The Morgan fingerprint density at radius 3 is 2.60 bits per heavy atom. The quantitative estimate of drug-likeness (QED) is 0.287. The number of rotatable bonds is 8. The second-order valence-electron chi connectivity index (χ2n) is 12.8. The molecule has 1 amide bonds. The van der Waals surface area contributed by atoms with Crippen LogP contribution in [0, 0.1) is 5.82 Å². The molecule has 3 aromatic rings. The molecule has 11 nitrogen and oxygen atoms in total. The van der Waals surface area contributed by atoms with E-state index in [0.717, 1.165) is 6.26 Å². The zero-order valence-electron chi connectivity index (χ0n) is 25.8. The lowest BCUT2D eigenvalue weighted by Gasteiger charge is -2.33. The summed E-state index contributed by atoms with van der Waals surface area (Å²) >= 11 is 0. The Kier molecular flexibility index (Phi) is 9.28. The lowest BCUT2D eigenvalue weighted by Crippen LogP contribution is -2.41. The SMILES string of the molecule is CC(C)(C)OC(=O)NC[C@H](O)COc1cccc(S(C)(=O)=O)c1[C@H]1CC2(CCNCC2)O[C@H]1c1c[nH]c2c(F)cccc2c1=O. The number of halogens is 1. The molecule has 244 valence electrons. The van der Waals surface area contributed by atoms with Crippen molar-refractivity contribution >= 4 is 26.8 Å². The molecule has 2 aromatic carbocycles. The van der Waals surface area contributed by atoms with Crippen molar-refractivity contribution in [2.24, 2.45) is 0 Å². The van der Waals surface area contributed by atoms with E-state index < -0.39 is 56.5 Å². The Balaban J connectivity index is 1.52. The van der Waals surface area contributed by atoms with Crippen molar-refractivity contribution in [3.63, 3.8) is 0 Å². The van der Waals surface area contributed by atoms with Gasteiger partial charge in [0.25, 0.3) is 0 Å². The number of aliphatic hydroxyl groups is 1. The first-order chi connectivity index (χ1) is 21.2. The standard InChI is InChI=1S/C32H40FN3O8S/c1-31(2,3)44-30(39)36-16-19(37)18-42-24-9-6-10-25(45(4,40)41)26(24)21-15-32(11-13-34-14-12-32)43-29(21)22-17-35-27-20(28(22)38)7-5-8-23(27)33/h5-10,17,19,21,29,34,37H,11-16,18H2,1-4H3,(H,35,38)(H,36,39)/t19-,21+,29+/m0/s1. The van der Waals surface area contributed by atoms with Crippen LogP contribution in [-0.2, 0) is 19.3 Å². The highest BCUT2D eigenvalue weighted by Gasteiger charge is 2.50. The fourth-order valence-corrected chi connectivity index (χ4v) is 7.16. The van der Waals surface area contributed by atoms with E-state index in [1.54, 1.807) is 32.9 Å². The predicted molar refractivity (Wildman–Crippen MR) is 166 cm³/mol. The maximum atomic E-state index is 14.5. The average molecular weight is 646 g/mol. The zero-order chi connectivity index (χ0) is 32.6. The number of aromatic nitrogens is 1. The second kappa shape index (κ2) is 12.7. The summed E-state index contributed by atoms with van der Waals surface area (Å²) < 4.78 is 58.8. The first-order valence-electron chi connectivity index (χ1n) is 15.0. The van der Waals surface area contributed by atoms with Gasteiger partial charge in [0, 0.05) is 34.9 Å². The molecule has 2 fully saturated rings. The molecule has 3 atom stereocenters. The van der Waals surface area contributed by atoms with Gasteiger partial charge in [0.05, 0.1) is 28.7 Å². The third-order valence-corrected chi connectivity index (χ3v) is 9.31. The molecule has 3 heterocycles. The summed E-state index contributed by atoms with van der Waals surface area (Å²) in [7, 11) is -3.79. The van der Waals surface area contributed by atoms with Crippen LogP contribution in [-0.4, -0.2) is 74.4 Å². The van der Waals surface area contributed by atoms with Crippen LogP contribution in [0.1, 0.15) is 63.2 Å². The number of nitrogens with one attached hydrogen (secondary N) is 3. The largest absolute Gasteiger partial charge is 0.490 e. The number of aromatic amines is 1. The number of para-hydroxylation sites is 1. The number of alkyl carbamates (subject to hydrolysis) is 1. The van der Waals surface area contributed by atoms with Crippen molar-refractivity contribution in [1.82, 2.24) is 15.6 Å². The molecule has 1 aromatic heterocycles. The van der Waals surface area contributed by atoms with Gasteiger partial charge in [-0.2, -0.15) is 0 Å². The highest BCUT2D eigenvalue weighted by molar-refractivity contribution is 7.90. The molecule has 0 radical (unpaired) electrons. The number of H-pyrrole nitrogens is 1. The molecule has 2 saturated heterocycles. The van der Waals surface area contributed by atoms with Gasteiger partial charge >= 0.3 is 6.09 Å². The highest BCUT2D eigenvalue weighted by Crippen LogP contribution is 2.55. The maximum Gasteiger partial charge on any atom is 0.407 e. The number of carbonyl (C=O) groups excluding carboxylic acids is 1. The monoisotopic (exact) mass is 645 g/mol. The Morgan fingerprint density at radius 2 is 1.91 bits per heavy atom. The van der Waals surface area contributed by atoms with Gasteiger partial charge in [0.1, 0.15) is 29.9 Å². The second-order valence-corrected chi connectivity index (χ2v) is 14.8. The van der Waals surface area contributed by atoms with E-state index in [1.165, 1.54) is 30.5 Å². The molecular formula is C32H40FN3O8S. The van der Waals surface area contributed by atoms with E-state index in [2.05, 4.69) is 15.6 Å². The zero-order valence-corrected chi connectivity index (χ0v) is 26.6. The van der Waals surface area contributed by atoms with Gasteiger partial charge in [-0.1, -0.05) is 12.1 Å². The van der Waals surface area contributed by atoms with Crippen LogP contribution in [0.2, 0.25) is 0 Å². The molecule has 45 heavy (non-hydrogen) atoms. The molecular weight excluding hydrogens is 605 g/mol. The molecule has 1 spiro atoms. The van der Waals surface area contributed by atoms with Crippen molar-refractivity contribution in [1.29, 1.82) is 0 Å². The minimum Gasteiger partial charge on any atom is -0.490 e. The van der Waals surface area contributed by atoms with Crippen LogP contribution in [0.15, 0.2) is 52.3 Å². The van der Waals surface area contributed by atoms with Crippen molar-refractivity contribution < 1.29 is 36.9 Å². The molecule has 2 aliphatic heterocycles. The Bertz CT molecular complexity index is 1730. The van der Waals surface area contributed by atoms with Crippen molar-refractivity contribution in [2.75, 3.05) is 32.5 Å². The van der Waals surface area contributed by atoms with Gasteiger partial charge in [0.2, 0.25) is 0 Å². The van der Waals surface area contributed by atoms with Gasteiger partial charge in [-0.3, -0.25) is 4.79 Å². The van der Waals surface area contributed by atoms with Gasteiger partial charge in [-0.15, -0.1) is 0 Å². The summed E-state index contributed by atoms with van der Waals surface area (Å²) in [6, 6.07) is 8.92. The van der Waals surface area contributed by atoms with Crippen molar-refractivity contribution in [3.05, 3.63) is 69.8 Å². The van der Waals surface area contributed by atoms with Crippen molar-refractivity contribution in [2.45, 2.75) is 74.3 Å². The summed E-state index contributed by atoms with van der Waals surface area (Å²) in [4.78, 5) is 28.8. The Morgan fingerprint density at radius 1 is 1.20 bits per heavy atom. The van der Waals surface area contributed by atoms with Gasteiger partial charge in [0.15, 0.2) is 15.3 Å². The van der Waals surface area contributed by atoms with E-state index in [0.29, 0.717) is 37.9 Å². The number of aliphatic hydroxyl groups excluding tert-OH is 1. The molecule has 13 heteroatoms. The van der Waals surface area contributed by atoms with Gasteiger partial charge in [-0.25, -0.2) is 17.6 Å². The fourth-order valence-electron chi connectivity index (χ4n) is 6.19. The number of fused-ring (bicyclic) bond motifs is 1. The number of carbonyl (C=O) groups is 1. The normalized spacial score (nSPS) is 20.7. The topological polar surface area (TPSA) is 156 Å². The molecule has 2 aliphatic rings. The van der Waals surface area contributed by atoms with Crippen LogP contribution >= 0.6 is 0 Å². The number of benzene rings is 2. The van der Waals surface area contributed by atoms with Crippen LogP contribution in [0.25, 0.3) is 10.9 Å². The third-order valence-electron chi connectivity index (χ3n) is 8.16. The highest BCUT2D eigenvalue weighted by atomic mass is 32.2. The number of amides is 1. The minimum atomic E-state index is -3.79. The van der Waals surface area contributed by atoms with Crippen LogP contribution in [0.5, 0.6) is 5.75 Å². The summed E-state index contributed by atoms with van der Waals surface area (Å²) in [5, 5.41) is 16.6. The first-order valence-corrected chi connectivity index (χ1v) is 16.9. The molecule has 0 bridgehead atoms. The molecule has 0 aliphatic carbocycles. The number of sulfone groups is 1. The summed E-state index contributed by atoms with van der Waals surface area (Å²) in [5.41, 5.74) is -1.09. The van der Waals surface area contributed by atoms with E-state index in [-0.39, 0.29) is 40.3 Å². The maximum absolute atomic E-state index is 14.5. The third kappa shape index (κ3) is 7.32. The van der Waals surface area contributed by atoms with E-state index >= 15 is 0 Å². The van der Waals surface area contributed by atoms with E-state index in [4.69, 9.17) is 14.2 Å². The smallest absolute Gasteiger partial charge is 0.407 e. The Labute approximate surface area is 261 Å². The van der Waals surface area contributed by atoms with Crippen molar-refractivity contribution in [3.8, 4) is 5.75 Å². The van der Waals surface area contributed by atoms with Gasteiger partial charge < -0.3 is 34.9 Å². The minimum absolute atomic E-state index is 0.0224. The number of hydrogen-bond donors (Lipinski definition) is 4. The summed E-state index contributed by atoms with van der Waals surface area (Å²) in [6.07, 6.45) is 1.54. The number of hydrogen-bond acceptors (Lipinski definition) is 9. The number of ether oxygens (including phenoxy) is 3. The first kappa shape index (κ1) is 32.9. The molecule has 4 N–H and O–H groups in total. The fraction of sp³-hybridized carbons (Fsp3) is 0.500. The number of pyridine rings is 1. The Hall–Kier alpha value is -3.52. The summed E-state index contributed by atoms with van der Waals surface area (Å²) in [5.74, 6) is -0.983. The average Bonchev–Trinajstić information content (AvgIpc) is 3.32. The van der Waals surface area contributed by atoms with Gasteiger partial charge in [-0.05, 0) is 77.4 Å². The van der Waals surface area contributed by atoms with Crippen LogP contribution < -0.4 is 20.8 Å². The number of piperidine rings is 1. The van der Waals surface area contributed by atoms with Crippen LogP contribution in [0.4, 0.5) is 9.18 Å². The predicted octanol–water partition coefficient (Wildman–Crippen LogP) is 3.70. The molecule has 0 unspecified atom stereocenters. The van der Waals surface area contributed by atoms with E-state index in [9.17, 15) is 27.5 Å². The van der Waals surface area contributed by atoms with Crippen LogP contribution in [0.3, 0.4) is 0 Å². The summed E-state index contributed by atoms with van der Waals surface area (Å²) in [6.45, 7) is 6.12. The molecule has 5 rings (SSSR count). The van der Waals surface area contributed by atoms with E-state index in [1.807, 2.05) is 0 Å². The lowest BCUT2D eigenvalue weighted by atomic mass is 9.80. The molecule has 0 saturated carbocycles. The lowest BCUT2D eigenvalue weighted by molar-refractivity contribution is -0.0622.